The number of nitrogens with one attached hydrogen (secondary N) is 1. The van der Waals surface area contributed by atoms with E-state index >= 15 is 0 Å². The summed E-state index contributed by atoms with van der Waals surface area (Å²) in [5.74, 6) is 0.132. The highest BCUT2D eigenvalue weighted by Crippen LogP contribution is 2.31. The van der Waals surface area contributed by atoms with Crippen molar-refractivity contribution < 1.29 is 14.0 Å². The first kappa shape index (κ1) is 13.4. The largest absolute Gasteiger partial charge is 0.466 e. The van der Waals surface area contributed by atoms with Crippen LogP contribution in [0, 0.1) is 0 Å². The van der Waals surface area contributed by atoms with E-state index in [0.717, 1.165) is 8.66 Å². The molecule has 1 aliphatic heterocycles. The average molecular weight is 355 g/mol. The second-order valence-corrected chi connectivity index (χ2v) is 7.18. The molecular formula is C13H11BrN2O3S. The number of amides is 3. The standard InChI is InChI=1S/C13H11BrN2O3S/c1-13(9-3-2-6-19-9)11(17)16(12(18)15-13)7-8-4-5-10(14)20-8/h2-6H,7H2,1H3,(H,15,18). The van der Waals surface area contributed by atoms with Crippen LogP contribution in [0.5, 0.6) is 0 Å². The lowest BCUT2D eigenvalue weighted by molar-refractivity contribution is -0.132. The second kappa shape index (κ2) is 4.75. The molecule has 0 radical (unpaired) electrons. The molecule has 3 rings (SSSR count). The van der Waals surface area contributed by atoms with Crippen molar-refractivity contribution in [1.82, 2.24) is 10.2 Å². The van der Waals surface area contributed by atoms with E-state index in [1.807, 2.05) is 12.1 Å². The highest BCUT2D eigenvalue weighted by atomic mass is 79.9. The van der Waals surface area contributed by atoms with E-state index < -0.39 is 11.6 Å². The van der Waals surface area contributed by atoms with Crippen molar-refractivity contribution in [3.8, 4) is 0 Å². The van der Waals surface area contributed by atoms with Crippen LogP contribution in [-0.2, 0) is 16.9 Å². The fourth-order valence-electron chi connectivity index (χ4n) is 2.16. The SMILES string of the molecule is CC1(c2ccco2)NC(=O)N(Cc2ccc(Br)s2)C1=O. The Labute approximate surface area is 127 Å². The van der Waals surface area contributed by atoms with Gasteiger partial charge in [-0.25, -0.2) is 4.79 Å². The zero-order valence-corrected chi connectivity index (χ0v) is 13.0. The van der Waals surface area contributed by atoms with Crippen molar-refractivity contribution in [2.45, 2.75) is 19.0 Å². The van der Waals surface area contributed by atoms with Crippen LogP contribution in [0.3, 0.4) is 0 Å². The molecule has 1 unspecified atom stereocenters. The Morgan fingerprint density at radius 2 is 2.20 bits per heavy atom. The fraction of sp³-hybridized carbons (Fsp3) is 0.231. The zero-order chi connectivity index (χ0) is 14.3. The average Bonchev–Trinajstić information content (AvgIpc) is 3.09. The highest BCUT2D eigenvalue weighted by molar-refractivity contribution is 9.11. The van der Waals surface area contributed by atoms with E-state index in [1.54, 1.807) is 19.1 Å². The minimum absolute atomic E-state index is 0.261. The number of furan rings is 1. The number of nitrogens with zero attached hydrogens (tertiary/aromatic N) is 1. The maximum absolute atomic E-state index is 12.5. The van der Waals surface area contributed by atoms with Crippen LogP contribution in [0.2, 0.25) is 0 Å². The molecule has 3 heterocycles. The smallest absolute Gasteiger partial charge is 0.325 e. The van der Waals surface area contributed by atoms with Gasteiger partial charge >= 0.3 is 6.03 Å². The van der Waals surface area contributed by atoms with Gasteiger partial charge in [0, 0.05) is 4.88 Å². The number of hydrogen-bond acceptors (Lipinski definition) is 4. The number of urea groups is 1. The molecule has 5 nitrogen and oxygen atoms in total. The first-order valence-electron chi connectivity index (χ1n) is 5.93. The van der Waals surface area contributed by atoms with E-state index in [0.29, 0.717) is 5.76 Å². The molecular weight excluding hydrogens is 344 g/mol. The third-order valence-corrected chi connectivity index (χ3v) is 4.84. The number of carbonyl (C=O) groups is 2. The maximum Gasteiger partial charge on any atom is 0.325 e. The summed E-state index contributed by atoms with van der Waals surface area (Å²) >= 11 is 4.86. The molecule has 104 valence electrons. The number of halogens is 1. The normalized spacial score (nSPS) is 22.4. The summed E-state index contributed by atoms with van der Waals surface area (Å²) < 4.78 is 6.24. The number of rotatable bonds is 3. The van der Waals surface area contributed by atoms with Gasteiger partial charge in [-0.2, -0.15) is 0 Å². The summed E-state index contributed by atoms with van der Waals surface area (Å²) in [5.41, 5.74) is -1.13. The molecule has 0 aromatic carbocycles. The highest BCUT2D eigenvalue weighted by Gasteiger charge is 2.50. The van der Waals surface area contributed by atoms with E-state index in [-0.39, 0.29) is 12.5 Å². The number of imide groups is 1. The Hall–Kier alpha value is -1.60. The van der Waals surface area contributed by atoms with E-state index in [2.05, 4.69) is 21.2 Å². The van der Waals surface area contributed by atoms with E-state index in [1.165, 1.54) is 22.5 Å². The van der Waals surface area contributed by atoms with Gasteiger partial charge in [0.15, 0.2) is 5.54 Å². The Morgan fingerprint density at radius 1 is 1.40 bits per heavy atom. The summed E-state index contributed by atoms with van der Waals surface area (Å²) in [6, 6.07) is 6.75. The van der Waals surface area contributed by atoms with Crippen molar-refractivity contribution in [3.05, 3.63) is 45.0 Å². The molecule has 7 heteroatoms. The van der Waals surface area contributed by atoms with Gasteiger partial charge < -0.3 is 9.73 Å². The van der Waals surface area contributed by atoms with Gasteiger partial charge in [0.25, 0.3) is 5.91 Å². The van der Waals surface area contributed by atoms with E-state index in [9.17, 15) is 9.59 Å². The minimum Gasteiger partial charge on any atom is -0.466 e. The topological polar surface area (TPSA) is 62.6 Å². The van der Waals surface area contributed by atoms with Gasteiger partial charge in [-0.3, -0.25) is 9.69 Å². The third kappa shape index (κ3) is 2.06. The second-order valence-electron chi connectivity index (χ2n) is 4.63. The first-order chi connectivity index (χ1) is 9.50. The summed E-state index contributed by atoms with van der Waals surface area (Å²) in [4.78, 5) is 26.7. The van der Waals surface area contributed by atoms with E-state index in [4.69, 9.17) is 4.42 Å². The predicted octanol–water partition coefficient (Wildman–Crippen LogP) is 3.07. The Morgan fingerprint density at radius 3 is 2.80 bits per heavy atom. The van der Waals surface area contributed by atoms with Crippen molar-refractivity contribution >= 4 is 39.2 Å². The molecule has 2 aromatic rings. The molecule has 0 bridgehead atoms. The molecule has 1 fully saturated rings. The van der Waals surface area contributed by atoms with Gasteiger partial charge in [0.05, 0.1) is 16.6 Å². The molecule has 3 amide bonds. The monoisotopic (exact) mass is 354 g/mol. The zero-order valence-electron chi connectivity index (χ0n) is 10.6. The summed E-state index contributed by atoms with van der Waals surface area (Å²) in [5, 5.41) is 2.70. The summed E-state index contributed by atoms with van der Waals surface area (Å²) in [7, 11) is 0. The van der Waals surface area contributed by atoms with Crippen molar-refractivity contribution in [1.29, 1.82) is 0 Å². The fourth-order valence-corrected chi connectivity index (χ4v) is 3.64. The lowest BCUT2D eigenvalue weighted by Gasteiger charge is -2.18. The van der Waals surface area contributed by atoms with Crippen LogP contribution in [0.15, 0.2) is 38.7 Å². The maximum atomic E-state index is 12.5. The molecule has 1 aliphatic rings. The predicted molar refractivity (Wildman–Crippen MR) is 77.2 cm³/mol. The summed E-state index contributed by atoms with van der Waals surface area (Å²) in [6.45, 7) is 1.91. The lowest BCUT2D eigenvalue weighted by atomic mass is 9.99. The number of carbonyl (C=O) groups excluding carboxylic acids is 2. The van der Waals surface area contributed by atoms with Gasteiger partial charge in [-0.15, -0.1) is 11.3 Å². The van der Waals surface area contributed by atoms with Gasteiger partial charge in [0.2, 0.25) is 0 Å². The molecule has 1 N–H and O–H groups in total. The van der Waals surface area contributed by atoms with Gasteiger partial charge in [0.1, 0.15) is 5.76 Å². The van der Waals surface area contributed by atoms with Gasteiger partial charge in [-0.05, 0) is 47.1 Å². The molecule has 1 saturated heterocycles. The van der Waals surface area contributed by atoms with Crippen molar-refractivity contribution in [3.63, 3.8) is 0 Å². The first-order valence-corrected chi connectivity index (χ1v) is 7.54. The molecule has 0 saturated carbocycles. The number of hydrogen-bond donors (Lipinski definition) is 1. The Balaban J connectivity index is 1.87. The lowest BCUT2D eigenvalue weighted by Crippen LogP contribution is -2.40. The van der Waals surface area contributed by atoms with Crippen LogP contribution < -0.4 is 5.32 Å². The molecule has 1 atom stereocenters. The van der Waals surface area contributed by atoms with Crippen LogP contribution >= 0.6 is 27.3 Å². The third-order valence-electron chi connectivity index (χ3n) is 3.23. The molecule has 0 spiro atoms. The van der Waals surface area contributed by atoms with Crippen LogP contribution in [0.4, 0.5) is 4.79 Å². The quantitative estimate of drug-likeness (QED) is 0.861. The summed E-state index contributed by atoms with van der Waals surface area (Å²) in [6.07, 6.45) is 1.49. The van der Waals surface area contributed by atoms with Crippen LogP contribution in [0.1, 0.15) is 17.6 Å². The number of thiophene rings is 1. The molecule has 20 heavy (non-hydrogen) atoms. The molecule has 0 aliphatic carbocycles. The Bertz CT molecular complexity index is 667. The molecule has 2 aromatic heterocycles. The van der Waals surface area contributed by atoms with Crippen molar-refractivity contribution in [2.75, 3.05) is 0 Å². The minimum atomic E-state index is -1.13. The Kier molecular flexibility index (Phi) is 3.18. The van der Waals surface area contributed by atoms with Crippen LogP contribution in [0.25, 0.3) is 0 Å². The van der Waals surface area contributed by atoms with Crippen molar-refractivity contribution in [2.24, 2.45) is 0 Å². The van der Waals surface area contributed by atoms with Gasteiger partial charge in [-0.1, -0.05) is 0 Å². The van der Waals surface area contributed by atoms with Crippen LogP contribution in [-0.4, -0.2) is 16.8 Å².